The van der Waals surface area contributed by atoms with Crippen molar-refractivity contribution in [3.8, 4) is 6.07 Å². The summed E-state index contributed by atoms with van der Waals surface area (Å²) in [5, 5.41) is 22.6. The van der Waals surface area contributed by atoms with Crippen LogP contribution in [-0.2, 0) is 0 Å². The van der Waals surface area contributed by atoms with Crippen LogP contribution in [0.5, 0.6) is 0 Å². The van der Waals surface area contributed by atoms with Crippen LogP contribution in [0.4, 0.5) is 11.5 Å². The summed E-state index contributed by atoms with van der Waals surface area (Å²) < 4.78 is 0. The van der Waals surface area contributed by atoms with Crippen LogP contribution < -0.4 is 5.32 Å². The highest BCUT2D eigenvalue weighted by molar-refractivity contribution is 7.98. The van der Waals surface area contributed by atoms with Crippen molar-refractivity contribution in [2.75, 3.05) is 23.9 Å². The van der Waals surface area contributed by atoms with Crippen LogP contribution in [0.25, 0.3) is 0 Å². The third-order valence-electron chi connectivity index (χ3n) is 2.77. The van der Waals surface area contributed by atoms with E-state index in [-0.39, 0.29) is 11.3 Å². The molecule has 20 heavy (non-hydrogen) atoms. The van der Waals surface area contributed by atoms with Crippen LogP contribution in [-0.4, -0.2) is 28.5 Å². The van der Waals surface area contributed by atoms with Crippen molar-refractivity contribution in [3.63, 3.8) is 0 Å². The third-order valence-corrected chi connectivity index (χ3v) is 3.47. The zero-order valence-electron chi connectivity index (χ0n) is 11.5. The Hall–Kier alpha value is -1.81. The van der Waals surface area contributed by atoms with Crippen molar-refractivity contribution in [1.82, 2.24) is 4.98 Å². The normalized spacial score (nSPS) is 10.0. The first kappa shape index (κ1) is 16.2. The Morgan fingerprint density at radius 2 is 2.20 bits per heavy atom. The summed E-state index contributed by atoms with van der Waals surface area (Å²) in [4.78, 5) is 14.0. The van der Waals surface area contributed by atoms with Crippen LogP contribution >= 0.6 is 11.8 Å². The van der Waals surface area contributed by atoms with Crippen molar-refractivity contribution < 1.29 is 4.92 Å². The maximum Gasteiger partial charge on any atom is 0.289 e. The Morgan fingerprint density at radius 3 is 2.85 bits per heavy atom. The monoisotopic (exact) mass is 294 g/mol. The average Bonchev–Trinajstić information content (AvgIpc) is 2.46. The van der Waals surface area contributed by atoms with Crippen molar-refractivity contribution >= 4 is 23.3 Å². The highest BCUT2D eigenvalue weighted by atomic mass is 32.2. The second-order valence-corrected chi connectivity index (χ2v) is 5.28. The number of nitrogens with one attached hydrogen (secondary N) is 1. The average molecular weight is 294 g/mol. The lowest BCUT2D eigenvalue weighted by Gasteiger charge is -2.06. The molecule has 0 bridgehead atoms. The van der Waals surface area contributed by atoms with Crippen molar-refractivity contribution in [2.45, 2.75) is 25.7 Å². The first-order valence-electron chi connectivity index (χ1n) is 6.46. The molecule has 0 aliphatic heterocycles. The van der Waals surface area contributed by atoms with Gasteiger partial charge in [0.15, 0.2) is 0 Å². The number of aromatic nitrogens is 1. The number of unbranched alkanes of at least 4 members (excludes halogenated alkanes) is 3. The number of anilines is 1. The van der Waals surface area contributed by atoms with Gasteiger partial charge in [-0.2, -0.15) is 17.0 Å². The molecule has 6 nitrogen and oxygen atoms in total. The summed E-state index contributed by atoms with van der Waals surface area (Å²) in [7, 11) is 0. The van der Waals surface area contributed by atoms with Gasteiger partial charge in [0.1, 0.15) is 23.6 Å². The van der Waals surface area contributed by atoms with E-state index in [0.29, 0.717) is 5.82 Å². The largest absolute Gasteiger partial charge is 0.369 e. The third kappa shape index (κ3) is 5.45. The second kappa shape index (κ2) is 9.15. The number of hydrogen-bond acceptors (Lipinski definition) is 6. The standard InChI is InChI=1S/C13H18N4O2S/c1-20-7-5-3-2-4-6-15-13-11(9-14)8-12(10-16-13)17(18)19/h8,10H,2-7H2,1H3,(H,15,16). The molecule has 1 aromatic heterocycles. The van der Waals surface area contributed by atoms with Crippen LogP contribution in [0.2, 0.25) is 0 Å². The van der Waals surface area contributed by atoms with E-state index in [1.165, 1.54) is 30.9 Å². The highest BCUT2D eigenvalue weighted by Crippen LogP contribution is 2.18. The van der Waals surface area contributed by atoms with Gasteiger partial charge in [-0.1, -0.05) is 12.8 Å². The lowest BCUT2D eigenvalue weighted by Crippen LogP contribution is -2.06. The fraction of sp³-hybridized carbons (Fsp3) is 0.538. The maximum atomic E-state index is 10.6. The summed E-state index contributed by atoms with van der Waals surface area (Å²) in [5.74, 6) is 1.61. The van der Waals surface area contributed by atoms with Gasteiger partial charge >= 0.3 is 0 Å². The Kier molecular flexibility index (Phi) is 7.43. The van der Waals surface area contributed by atoms with E-state index in [4.69, 9.17) is 5.26 Å². The number of nitriles is 1. The summed E-state index contributed by atoms with van der Waals surface area (Å²) in [5.41, 5.74) is 0.0470. The summed E-state index contributed by atoms with van der Waals surface area (Å²) in [6, 6.07) is 3.17. The smallest absolute Gasteiger partial charge is 0.289 e. The summed E-state index contributed by atoms with van der Waals surface area (Å²) in [6.45, 7) is 0.721. The van der Waals surface area contributed by atoms with E-state index in [0.717, 1.165) is 19.4 Å². The van der Waals surface area contributed by atoms with Crippen LogP contribution in [0.15, 0.2) is 12.3 Å². The second-order valence-electron chi connectivity index (χ2n) is 4.29. The number of rotatable bonds is 9. The molecule has 1 rings (SSSR count). The van der Waals surface area contributed by atoms with Crippen LogP contribution in [0.3, 0.4) is 0 Å². The van der Waals surface area contributed by atoms with Gasteiger partial charge in [-0.15, -0.1) is 0 Å². The predicted octanol–water partition coefficient (Wildman–Crippen LogP) is 3.20. The molecule has 7 heteroatoms. The Balaban J connectivity index is 2.40. The molecule has 0 spiro atoms. The molecule has 1 heterocycles. The van der Waals surface area contributed by atoms with Crippen molar-refractivity contribution in [1.29, 1.82) is 5.26 Å². The van der Waals surface area contributed by atoms with E-state index in [1.807, 2.05) is 17.8 Å². The molecule has 0 unspecified atom stereocenters. The van der Waals surface area contributed by atoms with Gasteiger partial charge in [-0.05, 0) is 24.9 Å². The first-order valence-corrected chi connectivity index (χ1v) is 7.85. The molecule has 1 N–H and O–H groups in total. The molecular weight excluding hydrogens is 276 g/mol. The van der Waals surface area contributed by atoms with Gasteiger partial charge in [0, 0.05) is 12.6 Å². The molecule has 0 fully saturated rings. The molecule has 0 aliphatic carbocycles. The van der Waals surface area contributed by atoms with Gasteiger partial charge < -0.3 is 5.32 Å². The number of nitro groups is 1. The lowest BCUT2D eigenvalue weighted by atomic mass is 10.2. The topological polar surface area (TPSA) is 91.8 Å². The van der Waals surface area contributed by atoms with Crippen molar-refractivity contribution in [3.05, 3.63) is 27.9 Å². The maximum absolute atomic E-state index is 10.6. The molecule has 0 atom stereocenters. The fourth-order valence-corrected chi connectivity index (χ4v) is 2.20. The van der Waals surface area contributed by atoms with E-state index < -0.39 is 4.92 Å². The number of pyridine rings is 1. The molecule has 0 radical (unpaired) electrons. The zero-order chi connectivity index (χ0) is 14.8. The minimum atomic E-state index is -0.552. The first-order chi connectivity index (χ1) is 9.69. The SMILES string of the molecule is CSCCCCCCNc1ncc([N+](=O)[O-])cc1C#N. The number of nitrogens with zero attached hydrogens (tertiary/aromatic N) is 3. The minimum Gasteiger partial charge on any atom is -0.369 e. The molecule has 0 saturated carbocycles. The highest BCUT2D eigenvalue weighted by Gasteiger charge is 2.11. The molecule has 1 aromatic rings. The fourth-order valence-electron chi connectivity index (χ4n) is 1.71. The van der Waals surface area contributed by atoms with Gasteiger partial charge in [-0.3, -0.25) is 10.1 Å². The molecule has 108 valence electrons. The quantitative estimate of drug-likeness (QED) is 0.427. The van der Waals surface area contributed by atoms with Gasteiger partial charge in [0.2, 0.25) is 0 Å². The molecule has 0 aliphatic rings. The Bertz CT molecular complexity index is 488. The Labute approximate surface area is 122 Å². The number of hydrogen-bond donors (Lipinski definition) is 1. The van der Waals surface area contributed by atoms with Crippen LogP contribution in [0.1, 0.15) is 31.2 Å². The molecule has 0 saturated heterocycles. The summed E-state index contributed by atoms with van der Waals surface area (Å²) in [6.07, 6.45) is 7.81. The molecular formula is C13H18N4O2S. The molecule has 0 aromatic carbocycles. The zero-order valence-corrected chi connectivity index (χ0v) is 12.3. The predicted molar refractivity (Wildman–Crippen MR) is 80.9 cm³/mol. The van der Waals surface area contributed by atoms with Crippen LogP contribution in [0, 0.1) is 21.4 Å². The van der Waals surface area contributed by atoms with E-state index >= 15 is 0 Å². The van der Waals surface area contributed by atoms with Crippen molar-refractivity contribution in [2.24, 2.45) is 0 Å². The van der Waals surface area contributed by atoms with E-state index in [2.05, 4.69) is 16.6 Å². The minimum absolute atomic E-state index is 0.163. The van der Waals surface area contributed by atoms with Gasteiger partial charge in [0.25, 0.3) is 5.69 Å². The Morgan fingerprint density at radius 1 is 1.45 bits per heavy atom. The summed E-state index contributed by atoms with van der Waals surface area (Å²) >= 11 is 1.85. The van der Waals surface area contributed by atoms with Gasteiger partial charge in [0.05, 0.1) is 4.92 Å². The lowest BCUT2D eigenvalue weighted by molar-refractivity contribution is -0.385. The van der Waals surface area contributed by atoms with Gasteiger partial charge in [-0.25, -0.2) is 4.98 Å². The van der Waals surface area contributed by atoms with E-state index in [9.17, 15) is 10.1 Å². The molecule has 0 amide bonds. The van der Waals surface area contributed by atoms with E-state index in [1.54, 1.807) is 0 Å². The number of thioether (sulfide) groups is 1.